The summed E-state index contributed by atoms with van der Waals surface area (Å²) in [6.07, 6.45) is 20.1. The summed E-state index contributed by atoms with van der Waals surface area (Å²) in [6.45, 7) is 7.73. The highest BCUT2D eigenvalue weighted by atomic mass is 79.9. The monoisotopic (exact) mass is 447 g/mol. The van der Waals surface area contributed by atoms with Crippen molar-refractivity contribution in [1.29, 1.82) is 0 Å². The van der Waals surface area contributed by atoms with E-state index in [0.29, 0.717) is 0 Å². The Kier molecular flexibility index (Phi) is 21.8. The molecule has 0 aromatic rings. The molecule has 4 heteroatoms. The topological polar surface area (TPSA) is 29.5 Å². The third kappa shape index (κ3) is 17.5. The number of carbonyl (C=O) groups excluding carboxylic acids is 1. The van der Waals surface area contributed by atoms with Crippen LogP contribution in [-0.4, -0.2) is 37.1 Å². The highest BCUT2D eigenvalue weighted by Crippen LogP contribution is 2.16. The maximum absolute atomic E-state index is 11.4. The second-order valence-corrected chi connectivity index (χ2v) is 7.91. The molecular formula is C23H46BrNO2. The third-order valence-corrected chi connectivity index (χ3v) is 5.28. The number of esters is 1. The summed E-state index contributed by atoms with van der Waals surface area (Å²) in [5.41, 5.74) is 0. The van der Waals surface area contributed by atoms with Crippen molar-refractivity contribution in [2.24, 2.45) is 0 Å². The summed E-state index contributed by atoms with van der Waals surface area (Å²) in [5.74, 6) is -0.324. The minimum atomic E-state index is -0.324. The molecule has 3 nitrogen and oxygen atoms in total. The highest BCUT2D eigenvalue weighted by molar-refractivity contribution is 8.93. The van der Waals surface area contributed by atoms with Crippen LogP contribution in [0.3, 0.4) is 0 Å². The van der Waals surface area contributed by atoms with Crippen LogP contribution in [-0.2, 0) is 9.53 Å². The van der Waals surface area contributed by atoms with Crippen molar-refractivity contribution in [2.75, 3.05) is 14.1 Å². The lowest BCUT2D eigenvalue weighted by molar-refractivity contribution is -0.145. The lowest BCUT2D eigenvalue weighted by atomic mass is 10.0. The van der Waals surface area contributed by atoms with E-state index < -0.39 is 0 Å². The SMILES string of the molecule is Br.C=CC(=O)OC(C)C(CCCCCCCCCCCCCCC)N(C)C. The van der Waals surface area contributed by atoms with E-state index in [1.54, 1.807) is 0 Å². The fourth-order valence-electron chi connectivity index (χ4n) is 3.59. The van der Waals surface area contributed by atoms with E-state index in [0.717, 1.165) is 6.42 Å². The number of hydrogen-bond donors (Lipinski definition) is 0. The molecule has 0 aliphatic rings. The van der Waals surface area contributed by atoms with Gasteiger partial charge in [-0.25, -0.2) is 4.79 Å². The molecule has 0 saturated heterocycles. The van der Waals surface area contributed by atoms with Crippen molar-refractivity contribution in [2.45, 2.75) is 116 Å². The number of hydrogen-bond acceptors (Lipinski definition) is 3. The van der Waals surface area contributed by atoms with Gasteiger partial charge < -0.3 is 9.64 Å². The van der Waals surface area contributed by atoms with Gasteiger partial charge in [0.1, 0.15) is 6.10 Å². The van der Waals surface area contributed by atoms with Crippen LogP contribution in [0.4, 0.5) is 0 Å². The van der Waals surface area contributed by atoms with E-state index in [2.05, 4.69) is 32.5 Å². The second-order valence-electron chi connectivity index (χ2n) is 7.91. The first-order valence-electron chi connectivity index (χ1n) is 11.0. The number of rotatable bonds is 18. The Hall–Kier alpha value is -0.350. The molecule has 2 unspecified atom stereocenters. The van der Waals surface area contributed by atoms with Gasteiger partial charge in [-0.1, -0.05) is 97.0 Å². The lowest BCUT2D eigenvalue weighted by Gasteiger charge is -2.29. The Morgan fingerprint density at radius 1 is 0.889 bits per heavy atom. The zero-order chi connectivity index (χ0) is 19.6. The molecule has 0 amide bonds. The van der Waals surface area contributed by atoms with E-state index in [1.165, 1.54) is 89.5 Å². The maximum Gasteiger partial charge on any atom is 0.330 e. The van der Waals surface area contributed by atoms with Gasteiger partial charge in [0.2, 0.25) is 0 Å². The summed E-state index contributed by atoms with van der Waals surface area (Å²) < 4.78 is 5.39. The van der Waals surface area contributed by atoms with E-state index in [-0.39, 0.29) is 35.1 Å². The summed E-state index contributed by atoms with van der Waals surface area (Å²) in [4.78, 5) is 13.5. The fraction of sp³-hybridized carbons (Fsp3) is 0.870. The second kappa shape index (κ2) is 20.4. The van der Waals surface area contributed by atoms with Crippen LogP contribution >= 0.6 is 17.0 Å². The predicted molar refractivity (Wildman–Crippen MR) is 124 cm³/mol. The Balaban J connectivity index is 0. The Morgan fingerprint density at radius 2 is 1.30 bits per heavy atom. The van der Waals surface area contributed by atoms with Crippen LogP contribution in [0.25, 0.3) is 0 Å². The van der Waals surface area contributed by atoms with Gasteiger partial charge in [0.05, 0.1) is 0 Å². The van der Waals surface area contributed by atoms with E-state index in [9.17, 15) is 4.79 Å². The van der Waals surface area contributed by atoms with Crippen molar-refractivity contribution >= 4 is 23.0 Å². The zero-order valence-electron chi connectivity index (χ0n) is 18.5. The highest BCUT2D eigenvalue weighted by Gasteiger charge is 2.21. The minimum Gasteiger partial charge on any atom is -0.458 e. The zero-order valence-corrected chi connectivity index (χ0v) is 20.2. The predicted octanol–water partition coefficient (Wildman–Crippen LogP) is 7.09. The molecular weight excluding hydrogens is 402 g/mol. The molecule has 162 valence electrons. The summed E-state index contributed by atoms with van der Waals surface area (Å²) in [6, 6.07) is 0.284. The molecule has 2 atom stereocenters. The van der Waals surface area contributed by atoms with Crippen LogP contribution in [0.1, 0.15) is 104 Å². The molecule has 0 heterocycles. The molecule has 0 aliphatic heterocycles. The van der Waals surface area contributed by atoms with Crippen molar-refractivity contribution in [3.05, 3.63) is 12.7 Å². The van der Waals surface area contributed by atoms with Crippen LogP contribution < -0.4 is 0 Å². The minimum absolute atomic E-state index is 0. The molecule has 0 fully saturated rings. The molecule has 0 rings (SSSR count). The van der Waals surface area contributed by atoms with E-state index in [4.69, 9.17) is 4.74 Å². The average Bonchev–Trinajstić information content (AvgIpc) is 2.61. The van der Waals surface area contributed by atoms with Crippen molar-refractivity contribution < 1.29 is 9.53 Å². The van der Waals surface area contributed by atoms with Crippen molar-refractivity contribution in [3.63, 3.8) is 0 Å². The van der Waals surface area contributed by atoms with Crippen LogP contribution in [0.15, 0.2) is 12.7 Å². The average molecular weight is 449 g/mol. The normalized spacial score (nSPS) is 13.1. The molecule has 0 aliphatic carbocycles. The van der Waals surface area contributed by atoms with Gasteiger partial charge in [-0.05, 0) is 27.4 Å². The molecule has 0 bridgehead atoms. The van der Waals surface area contributed by atoms with Gasteiger partial charge in [0.25, 0.3) is 0 Å². The van der Waals surface area contributed by atoms with Gasteiger partial charge in [0, 0.05) is 12.1 Å². The number of nitrogens with zero attached hydrogens (tertiary/aromatic N) is 1. The van der Waals surface area contributed by atoms with Crippen LogP contribution in [0.2, 0.25) is 0 Å². The van der Waals surface area contributed by atoms with Gasteiger partial charge in [-0.15, -0.1) is 17.0 Å². The maximum atomic E-state index is 11.4. The molecule has 0 aromatic heterocycles. The standard InChI is InChI=1S/C23H45NO2.BrH/c1-6-8-9-10-11-12-13-14-15-16-17-18-19-20-22(24(4)5)21(3)26-23(25)7-2;/h7,21-22H,2,6,8-20H2,1,3-5H3;1H. The number of unbranched alkanes of at least 4 members (excludes halogenated alkanes) is 12. The van der Waals surface area contributed by atoms with Crippen LogP contribution in [0, 0.1) is 0 Å². The number of carbonyl (C=O) groups is 1. The first kappa shape index (κ1) is 28.9. The fourth-order valence-corrected chi connectivity index (χ4v) is 3.59. The van der Waals surface area contributed by atoms with Gasteiger partial charge in [-0.2, -0.15) is 0 Å². The van der Waals surface area contributed by atoms with Crippen molar-refractivity contribution in [3.8, 4) is 0 Å². The number of likely N-dealkylation sites (N-methyl/N-ethyl adjacent to an activating group) is 1. The molecule has 0 spiro atoms. The number of halogens is 1. The molecule has 0 aromatic carbocycles. The molecule has 0 saturated carbocycles. The Morgan fingerprint density at radius 3 is 1.67 bits per heavy atom. The quantitative estimate of drug-likeness (QED) is 0.127. The van der Waals surface area contributed by atoms with Gasteiger partial charge in [0.15, 0.2) is 0 Å². The summed E-state index contributed by atoms with van der Waals surface area (Å²) in [5, 5.41) is 0. The lowest BCUT2D eigenvalue weighted by Crippen LogP contribution is -2.39. The Labute approximate surface area is 180 Å². The third-order valence-electron chi connectivity index (χ3n) is 5.28. The van der Waals surface area contributed by atoms with E-state index in [1.807, 2.05) is 6.92 Å². The van der Waals surface area contributed by atoms with Gasteiger partial charge in [-0.3, -0.25) is 0 Å². The van der Waals surface area contributed by atoms with Gasteiger partial charge >= 0.3 is 5.97 Å². The van der Waals surface area contributed by atoms with E-state index >= 15 is 0 Å². The van der Waals surface area contributed by atoms with Crippen molar-refractivity contribution in [1.82, 2.24) is 4.90 Å². The van der Waals surface area contributed by atoms with Crippen LogP contribution in [0.5, 0.6) is 0 Å². The number of ether oxygens (including phenoxy) is 1. The first-order chi connectivity index (χ1) is 12.5. The first-order valence-corrected chi connectivity index (χ1v) is 11.0. The summed E-state index contributed by atoms with van der Waals surface area (Å²) in [7, 11) is 4.12. The smallest absolute Gasteiger partial charge is 0.330 e. The summed E-state index contributed by atoms with van der Waals surface area (Å²) >= 11 is 0. The largest absolute Gasteiger partial charge is 0.458 e. The Bertz CT molecular complexity index is 347. The molecule has 0 radical (unpaired) electrons. The molecule has 27 heavy (non-hydrogen) atoms. The molecule has 0 N–H and O–H groups in total.